The maximum atomic E-state index is 13.7. The Bertz CT molecular complexity index is 1150. The van der Waals surface area contributed by atoms with Crippen LogP contribution < -0.4 is 5.73 Å². The Morgan fingerprint density at radius 2 is 1.73 bits per heavy atom. The van der Waals surface area contributed by atoms with E-state index in [-0.39, 0.29) is 22.6 Å². The minimum atomic E-state index is -2.86. The number of rotatable bonds is 2. The summed E-state index contributed by atoms with van der Waals surface area (Å²) in [5.74, 6) is -12.5. The van der Waals surface area contributed by atoms with Gasteiger partial charge in [0.05, 0.1) is 23.1 Å². The first-order chi connectivity index (χ1) is 15.2. The minimum absolute atomic E-state index is 0.0124. The molecule has 0 heterocycles. The number of hydrogen-bond donors (Lipinski definition) is 4. The number of primary amides is 1. The molecule has 0 bridgehead atoms. The van der Waals surface area contributed by atoms with Gasteiger partial charge in [-0.1, -0.05) is 11.6 Å². The molecule has 3 aliphatic rings. The topological polar surface area (TPSA) is 175 Å². The highest BCUT2D eigenvalue weighted by molar-refractivity contribution is 6.34. The van der Waals surface area contributed by atoms with Crippen LogP contribution in [0.15, 0.2) is 12.1 Å². The van der Waals surface area contributed by atoms with Crippen molar-refractivity contribution in [3.63, 3.8) is 0 Å². The van der Waals surface area contributed by atoms with Crippen molar-refractivity contribution in [2.75, 3.05) is 14.1 Å². The molecular weight excluding hydrogens is 456 g/mol. The lowest BCUT2D eigenvalue weighted by Crippen LogP contribution is -2.75. The van der Waals surface area contributed by atoms with Crippen molar-refractivity contribution in [2.45, 2.75) is 30.6 Å². The molecule has 10 nitrogen and oxygen atoms in total. The van der Waals surface area contributed by atoms with Crippen LogP contribution in [-0.2, 0) is 24.8 Å². The number of halogens is 1. The van der Waals surface area contributed by atoms with E-state index in [1.807, 2.05) is 0 Å². The monoisotopic (exact) mass is 478 g/mol. The zero-order valence-electron chi connectivity index (χ0n) is 18.0. The highest BCUT2D eigenvalue weighted by Gasteiger charge is 2.71. The number of likely N-dealkylation sites (N-methyl/N-ethyl adjacent to an activating group) is 1. The Labute approximate surface area is 193 Å². The van der Waals surface area contributed by atoms with Crippen molar-refractivity contribution in [1.29, 1.82) is 0 Å². The average Bonchev–Trinajstić information content (AvgIpc) is 2.69. The summed E-state index contributed by atoms with van der Waals surface area (Å²) in [6, 6.07) is 1.17. The fourth-order valence-electron chi connectivity index (χ4n) is 5.95. The Morgan fingerprint density at radius 3 is 2.27 bits per heavy atom. The lowest BCUT2D eigenvalue weighted by molar-refractivity contribution is -0.188. The molecule has 0 spiro atoms. The van der Waals surface area contributed by atoms with Gasteiger partial charge in [-0.05, 0) is 39.6 Å². The molecule has 2 saturated carbocycles. The van der Waals surface area contributed by atoms with Crippen LogP contribution in [-0.4, -0.2) is 75.0 Å². The molecule has 0 aromatic heterocycles. The molecule has 7 atom stereocenters. The van der Waals surface area contributed by atoms with E-state index in [9.17, 15) is 39.3 Å². The van der Waals surface area contributed by atoms with Gasteiger partial charge in [0.1, 0.15) is 5.75 Å². The minimum Gasteiger partial charge on any atom is -0.507 e. The number of carbonyl (C=O) groups excluding carboxylic acids is 5. The molecule has 11 heteroatoms. The molecule has 176 valence electrons. The molecule has 0 unspecified atom stereocenters. The van der Waals surface area contributed by atoms with Crippen LogP contribution >= 0.6 is 11.6 Å². The first-order valence-electron chi connectivity index (χ1n) is 10.3. The Hall–Kier alpha value is -2.66. The van der Waals surface area contributed by atoms with E-state index in [4.69, 9.17) is 17.3 Å². The number of benzene rings is 1. The van der Waals surface area contributed by atoms with Crippen molar-refractivity contribution >= 4 is 40.6 Å². The summed E-state index contributed by atoms with van der Waals surface area (Å²) in [4.78, 5) is 66.6. The third kappa shape index (κ3) is 2.81. The number of fused-ring (bicyclic) bond motifs is 3. The quantitative estimate of drug-likeness (QED) is 0.396. The van der Waals surface area contributed by atoms with E-state index in [0.29, 0.717) is 0 Å². The van der Waals surface area contributed by atoms with Crippen LogP contribution in [0.2, 0.25) is 5.02 Å². The first-order valence-corrected chi connectivity index (χ1v) is 10.7. The number of Topliss-reactive ketones (excluding diaryl/α,β-unsaturated/α-hetero) is 4. The van der Waals surface area contributed by atoms with Gasteiger partial charge in [0, 0.05) is 22.4 Å². The fourth-order valence-corrected chi connectivity index (χ4v) is 6.30. The van der Waals surface area contributed by atoms with Crippen LogP contribution in [0.25, 0.3) is 0 Å². The third-order valence-electron chi connectivity index (χ3n) is 7.43. The summed E-state index contributed by atoms with van der Waals surface area (Å²) in [6.07, 6.45) is -0.289. The van der Waals surface area contributed by atoms with E-state index >= 15 is 0 Å². The van der Waals surface area contributed by atoms with E-state index in [1.165, 1.54) is 32.0 Å². The second-order valence-electron chi connectivity index (χ2n) is 9.40. The van der Waals surface area contributed by atoms with Gasteiger partial charge < -0.3 is 21.1 Å². The standard InChI is InChI=1S/C22H23ClN2O8/c1-21(32)7-6-8-15(25(2)3)17(28)13(20(24)31)19(30)22(8,33)18(29)11(7)16(27)12-10(26)5-4-9(23)14(12)21/h4-5,7-8,11,13,15,26,32-33H,6H2,1-3H3,(H2,24,31)/t7-,8+,11+,13+,15+,21+,22+/m1/s1. The number of carbonyl (C=O) groups is 5. The zero-order chi connectivity index (χ0) is 24.8. The lowest BCUT2D eigenvalue weighted by atomic mass is 9.49. The summed E-state index contributed by atoms with van der Waals surface area (Å²) in [6.45, 7) is 1.32. The molecule has 3 aliphatic carbocycles. The number of ketones is 4. The largest absolute Gasteiger partial charge is 0.507 e. The molecule has 4 rings (SSSR count). The van der Waals surface area contributed by atoms with E-state index in [1.54, 1.807) is 0 Å². The van der Waals surface area contributed by atoms with Gasteiger partial charge in [0.25, 0.3) is 0 Å². The molecule has 0 saturated heterocycles. The predicted molar refractivity (Wildman–Crippen MR) is 112 cm³/mol. The number of aliphatic hydroxyl groups is 2. The number of phenols is 1. The van der Waals surface area contributed by atoms with Gasteiger partial charge in [-0.15, -0.1) is 0 Å². The summed E-state index contributed by atoms with van der Waals surface area (Å²) >= 11 is 6.25. The van der Waals surface area contributed by atoms with E-state index in [2.05, 4.69) is 0 Å². The normalized spacial score (nSPS) is 38.1. The Morgan fingerprint density at radius 1 is 1.12 bits per heavy atom. The van der Waals surface area contributed by atoms with Crippen molar-refractivity contribution in [3.8, 4) is 5.75 Å². The van der Waals surface area contributed by atoms with Crippen molar-refractivity contribution < 1.29 is 39.3 Å². The smallest absolute Gasteiger partial charge is 0.235 e. The number of hydrogen-bond acceptors (Lipinski definition) is 9. The first kappa shape index (κ1) is 23.5. The number of aromatic hydroxyl groups is 1. The average molecular weight is 479 g/mol. The van der Waals surface area contributed by atoms with Gasteiger partial charge in [-0.3, -0.25) is 28.9 Å². The van der Waals surface area contributed by atoms with Gasteiger partial charge >= 0.3 is 0 Å². The molecule has 1 aromatic rings. The predicted octanol–water partition coefficient (Wildman–Crippen LogP) is -0.815. The zero-order valence-corrected chi connectivity index (χ0v) is 18.8. The molecule has 5 N–H and O–H groups in total. The lowest BCUT2D eigenvalue weighted by Gasteiger charge is -2.55. The molecular formula is C22H23ClN2O8. The Kier molecular flexibility index (Phi) is 5.10. The molecule has 1 aromatic carbocycles. The third-order valence-corrected chi connectivity index (χ3v) is 7.75. The van der Waals surface area contributed by atoms with Crippen LogP contribution in [0.4, 0.5) is 0 Å². The van der Waals surface area contributed by atoms with Crippen LogP contribution in [0.3, 0.4) is 0 Å². The summed E-state index contributed by atoms with van der Waals surface area (Å²) < 4.78 is 0. The summed E-state index contributed by atoms with van der Waals surface area (Å²) in [7, 11) is 2.95. The summed E-state index contributed by atoms with van der Waals surface area (Å²) in [5.41, 5.74) is 0.0293. The van der Waals surface area contributed by atoms with Crippen molar-refractivity contribution in [2.24, 2.45) is 29.4 Å². The number of nitrogens with zero attached hydrogens (tertiary/aromatic N) is 1. The van der Waals surface area contributed by atoms with Crippen molar-refractivity contribution in [1.82, 2.24) is 4.90 Å². The molecule has 1 amide bonds. The number of nitrogens with two attached hydrogens (primary N) is 1. The summed E-state index contributed by atoms with van der Waals surface area (Å²) in [5, 5.41) is 33.3. The van der Waals surface area contributed by atoms with Crippen LogP contribution in [0.5, 0.6) is 5.75 Å². The van der Waals surface area contributed by atoms with Crippen molar-refractivity contribution in [3.05, 3.63) is 28.3 Å². The van der Waals surface area contributed by atoms with Gasteiger partial charge in [-0.25, -0.2) is 0 Å². The van der Waals surface area contributed by atoms with Gasteiger partial charge in [0.15, 0.2) is 34.7 Å². The SMILES string of the molecule is CN(C)[C@@H]1C(=O)[C@H](C(N)=O)C(=O)[C@@]2(O)C(=O)[C@@H]3C(=O)c4c(O)ccc(Cl)c4[C@@](C)(O)[C@@H]3C[C@@H]12. The number of phenolic OH excluding ortho intramolecular Hbond substituents is 1. The second-order valence-corrected chi connectivity index (χ2v) is 9.80. The maximum Gasteiger partial charge on any atom is 0.235 e. The highest BCUT2D eigenvalue weighted by Crippen LogP contribution is 2.56. The van der Waals surface area contributed by atoms with E-state index in [0.717, 1.165) is 6.07 Å². The fraction of sp³-hybridized carbons (Fsp3) is 0.500. The molecule has 0 radical (unpaired) electrons. The maximum absolute atomic E-state index is 13.7. The van der Waals surface area contributed by atoms with Crippen LogP contribution in [0, 0.1) is 23.7 Å². The van der Waals surface area contributed by atoms with Crippen LogP contribution in [0.1, 0.15) is 29.3 Å². The van der Waals surface area contributed by atoms with Gasteiger partial charge in [0.2, 0.25) is 5.91 Å². The molecule has 2 fully saturated rings. The van der Waals surface area contributed by atoms with E-state index < -0.39 is 75.7 Å². The highest BCUT2D eigenvalue weighted by atomic mass is 35.5. The molecule has 33 heavy (non-hydrogen) atoms. The Balaban J connectivity index is 1.97. The van der Waals surface area contributed by atoms with Gasteiger partial charge in [-0.2, -0.15) is 0 Å². The molecule has 0 aliphatic heterocycles. The number of amides is 1. The second kappa shape index (κ2) is 7.17.